The lowest BCUT2D eigenvalue weighted by molar-refractivity contribution is 0.631. The van der Waals surface area contributed by atoms with E-state index in [0.717, 1.165) is 28.2 Å². The van der Waals surface area contributed by atoms with Gasteiger partial charge in [-0.3, -0.25) is 0 Å². The van der Waals surface area contributed by atoms with Crippen LogP contribution >= 0.6 is 12.6 Å². The van der Waals surface area contributed by atoms with Gasteiger partial charge in [0.15, 0.2) is 0 Å². The normalized spacial score (nSPS) is 10.5. The van der Waals surface area contributed by atoms with E-state index in [4.69, 9.17) is 0 Å². The number of halogens is 1. The summed E-state index contributed by atoms with van der Waals surface area (Å²) in [5.41, 5.74) is 5.79. The van der Waals surface area contributed by atoms with Crippen LogP contribution in [0.15, 0.2) is 71.8 Å². The van der Waals surface area contributed by atoms with Crippen LogP contribution in [0.3, 0.4) is 0 Å². The fourth-order valence-electron chi connectivity index (χ4n) is 3.11. The molecule has 0 saturated carbocycles. The molecule has 0 atom stereocenters. The first-order chi connectivity index (χ1) is 14.0. The van der Waals surface area contributed by atoms with E-state index in [1.165, 1.54) is 22.6 Å². The number of anilines is 2. The molecule has 0 aliphatic carbocycles. The predicted octanol–water partition coefficient (Wildman–Crippen LogP) is 6.36. The first kappa shape index (κ1) is 21.0. The Bertz CT molecular complexity index is 1090. The quantitative estimate of drug-likeness (QED) is 0.297. The van der Waals surface area contributed by atoms with Gasteiger partial charge in [-0.1, -0.05) is 29.8 Å². The molecule has 1 aromatic heterocycles. The van der Waals surface area contributed by atoms with Crippen molar-refractivity contribution in [1.82, 2.24) is 10.3 Å². The summed E-state index contributed by atoms with van der Waals surface area (Å²) in [7, 11) is 1.93. The summed E-state index contributed by atoms with van der Waals surface area (Å²) in [6, 6.07) is 19.2. The molecule has 0 amide bonds. The molecule has 0 aliphatic heterocycles. The molecule has 150 valence electrons. The molecular formula is C24H26FN3S. The molecule has 3 N–H and O–H groups in total. The molecule has 29 heavy (non-hydrogen) atoms. The Balaban J connectivity index is 0.000000252. The number of aryl methyl sites for hydroxylation is 2. The molecule has 3 aromatic carbocycles. The van der Waals surface area contributed by atoms with Crippen LogP contribution in [-0.4, -0.2) is 12.0 Å². The molecule has 1 heterocycles. The lowest BCUT2D eigenvalue weighted by Gasteiger charge is -2.08. The molecule has 3 nitrogen and oxygen atoms in total. The average molecular weight is 408 g/mol. The first-order valence-corrected chi connectivity index (χ1v) is 9.94. The summed E-state index contributed by atoms with van der Waals surface area (Å²) >= 11 is 4.15. The number of aromatic amines is 1. The van der Waals surface area contributed by atoms with Crippen LogP contribution in [0.4, 0.5) is 15.8 Å². The molecule has 0 saturated heterocycles. The number of hydrogen-bond acceptors (Lipinski definition) is 3. The van der Waals surface area contributed by atoms with Crippen molar-refractivity contribution in [3.8, 4) is 0 Å². The third-order valence-electron chi connectivity index (χ3n) is 4.54. The van der Waals surface area contributed by atoms with Gasteiger partial charge in [-0.15, -0.1) is 12.6 Å². The molecule has 0 spiro atoms. The van der Waals surface area contributed by atoms with Crippen molar-refractivity contribution in [3.05, 3.63) is 89.4 Å². The Morgan fingerprint density at radius 1 is 0.966 bits per heavy atom. The first-order valence-electron chi connectivity index (χ1n) is 9.49. The van der Waals surface area contributed by atoms with Crippen molar-refractivity contribution in [2.75, 3.05) is 12.4 Å². The fourth-order valence-corrected chi connectivity index (χ4v) is 3.40. The summed E-state index contributed by atoms with van der Waals surface area (Å²) in [4.78, 5) is 4.28. The Hall–Kier alpha value is -2.76. The molecule has 0 fully saturated rings. The number of thiol groups is 1. The minimum atomic E-state index is -0.238. The van der Waals surface area contributed by atoms with Gasteiger partial charge >= 0.3 is 0 Å². The lowest BCUT2D eigenvalue weighted by Crippen LogP contribution is -2.03. The maximum Gasteiger partial charge on any atom is 0.146 e. The van der Waals surface area contributed by atoms with Crippen molar-refractivity contribution in [2.45, 2.75) is 25.3 Å². The monoisotopic (exact) mass is 407 g/mol. The number of H-pyrrole nitrogens is 1. The van der Waals surface area contributed by atoms with Gasteiger partial charge < -0.3 is 15.6 Å². The zero-order chi connectivity index (χ0) is 20.8. The van der Waals surface area contributed by atoms with E-state index in [1.54, 1.807) is 6.07 Å². The Kier molecular flexibility index (Phi) is 6.96. The van der Waals surface area contributed by atoms with Gasteiger partial charge in [-0.2, -0.15) is 0 Å². The van der Waals surface area contributed by atoms with Crippen molar-refractivity contribution < 1.29 is 4.39 Å². The van der Waals surface area contributed by atoms with Crippen LogP contribution in [0.25, 0.3) is 10.9 Å². The van der Waals surface area contributed by atoms with E-state index >= 15 is 0 Å². The minimum Gasteiger partial charge on any atom is -0.361 e. The summed E-state index contributed by atoms with van der Waals surface area (Å²) in [6.07, 6.45) is 2.00. The standard InChI is InChI=1S/C17H18FN3.C7H8S/c1-11-3-6-16(15(18)7-11)21-13-4-5-14-12(9-19-2)10-20-17(14)8-13;1-6-3-2-4-7(8)5-6/h3-8,10,19-21H,9H2,1-2H3;2-5,8H,1H3. The van der Waals surface area contributed by atoms with Gasteiger partial charge in [0.05, 0.1) is 5.69 Å². The third-order valence-corrected chi connectivity index (χ3v) is 4.82. The fraction of sp³-hybridized carbons (Fsp3) is 0.167. The average Bonchev–Trinajstić information content (AvgIpc) is 3.07. The van der Waals surface area contributed by atoms with E-state index < -0.39 is 0 Å². The maximum absolute atomic E-state index is 13.9. The topological polar surface area (TPSA) is 39.9 Å². The predicted molar refractivity (Wildman–Crippen MR) is 124 cm³/mol. The van der Waals surface area contributed by atoms with Gasteiger partial charge in [0, 0.05) is 34.2 Å². The van der Waals surface area contributed by atoms with Crippen LogP contribution in [0.1, 0.15) is 16.7 Å². The van der Waals surface area contributed by atoms with Crippen molar-refractivity contribution >= 4 is 34.9 Å². The van der Waals surface area contributed by atoms with Crippen LogP contribution in [0.5, 0.6) is 0 Å². The minimum absolute atomic E-state index is 0.238. The molecular weight excluding hydrogens is 381 g/mol. The van der Waals surface area contributed by atoms with Crippen LogP contribution < -0.4 is 10.6 Å². The van der Waals surface area contributed by atoms with Gasteiger partial charge in [-0.25, -0.2) is 4.39 Å². The number of benzene rings is 3. The van der Waals surface area contributed by atoms with Gasteiger partial charge in [0.25, 0.3) is 0 Å². The number of fused-ring (bicyclic) bond motifs is 1. The van der Waals surface area contributed by atoms with Gasteiger partial charge in [0.1, 0.15) is 5.82 Å². The summed E-state index contributed by atoms with van der Waals surface area (Å²) in [6.45, 7) is 4.75. The van der Waals surface area contributed by atoms with Crippen LogP contribution in [0.2, 0.25) is 0 Å². The highest BCUT2D eigenvalue weighted by molar-refractivity contribution is 7.80. The summed E-state index contributed by atoms with van der Waals surface area (Å²) in [5, 5.41) is 7.45. The largest absolute Gasteiger partial charge is 0.361 e. The maximum atomic E-state index is 13.9. The highest BCUT2D eigenvalue weighted by Crippen LogP contribution is 2.25. The summed E-state index contributed by atoms with van der Waals surface area (Å²) < 4.78 is 13.9. The van der Waals surface area contributed by atoms with E-state index in [9.17, 15) is 4.39 Å². The van der Waals surface area contributed by atoms with Crippen molar-refractivity contribution in [3.63, 3.8) is 0 Å². The molecule has 0 unspecified atom stereocenters. The number of nitrogens with one attached hydrogen (secondary N) is 3. The van der Waals surface area contributed by atoms with Crippen molar-refractivity contribution in [1.29, 1.82) is 0 Å². The van der Waals surface area contributed by atoms with Crippen molar-refractivity contribution in [2.24, 2.45) is 0 Å². The molecule has 4 rings (SSSR count). The highest BCUT2D eigenvalue weighted by Gasteiger charge is 2.06. The molecule has 0 radical (unpaired) electrons. The Morgan fingerprint density at radius 2 is 1.76 bits per heavy atom. The second-order valence-corrected chi connectivity index (χ2v) is 7.57. The second-order valence-electron chi connectivity index (χ2n) is 7.05. The smallest absolute Gasteiger partial charge is 0.146 e. The van der Waals surface area contributed by atoms with Crippen LogP contribution in [0, 0.1) is 19.7 Å². The summed E-state index contributed by atoms with van der Waals surface area (Å²) in [5.74, 6) is -0.238. The Morgan fingerprint density at radius 3 is 2.41 bits per heavy atom. The van der Waals surface area contributed by atoms with Gasteiger partial charge in [0.2, 0.25) is 0 Å². The van der Waals surface area contributed by atoms with Crippen LogP contribution in [-0.2, 0) is 6.54 Å². The van der Waals surface area contributed by atoms with E-state index in [0.29, 0.717) is 5.69 Å². The van der Waals surface area contributed by atoms with E-state index in [-0.39, 0.29) is 5.82 Å². The number of aromatic nitrogens is 1. The number of rotatable bonds is 4. The third kappa shape index (κ3) is 5.62. The lowest BCUT2D eigenvalue weighted by atomic mass is 10.1. The Labute approximate surface area is 176 Å². The highest BCUT2D eigenvalue weighted by atomic mass is 32.1. The SMILES string of the molecule is CNCc1c[nH]c2cc(Nc3ccc(C)cc3F)ccc12.Cc1cccc(S)c1. The molecule has 5 heteroatoms. The zero-order valence-corrected chi connectivity index (χ0v) is 17.8. The van der Waals surface area contributed by atoms with E-state index in [2.05, 4.69) is 41.2 Å². The molecule has 4 aromatic rings. The van der Waals surface area contributed by atoms with Gasteiger partial charge in [-0.05, 0) is 68.4 Å². The number of hydrogen-bond donors (Lipinski definition) is 4. The molecule has 0 aliphatic rings. The molecule has 0 bridgehead atoms. The zero-order valence-electron chi connectivity index (χ0n) is 16.9. The van der Waals surface area contributed by atoms with E-state index in [1.807, 2.05) is 62.6 Å². The second kappa shape index (κ2) is 9.63.